The van der Waals surface area contributed by atoms with Gasteiger partial charge in [0.15, 0.2) is 0 Å². The molecule has 1 saturated carbocycles. The minimum Gasteiger partial charge on any atom is -0.356 e. The number of hydrogen-bond donors (Lipinski definition) is 1. The molecule has 1 N–H and O–H groups in total. The molecule has 2 aromatic heterocycles. The highest BCUT2D eigenvalue weighted by Crippen LogP contribution is 2.33. The molecule has 0 bridgehead atoms. The van der Waals surface area contributed by atoms with E-state index in [4.69, 9.17) is 9.51 Å². The van der Waals surface area contributed by atoms with Crippen molar-refractivity contribution in [3.63, 3.8) is 0 Å². The lowest BCUT2D eigenvalue weighted by Gasteiger charge is -2.36. The standard InChI is InChI=1S/C24H30FN5O/c1-15-12-17-13-20(23-26-16(2)31-29-23)24(28-22(17)14-21(15)25)30-10-8-19(9-11-30)27-18-6-4-3-5-7-18/h12-14,18-19,27H,3-11H2,1-2H3. The summed E-state index contributed by atoms with van der Waals surface area (Å²) in [7, 11) is 0. The van der Waals surface area contributed by atoms with E-state index in [1.54, 1.807) is 13.8 Å². The van der Waals surface area contributed by atoms with Gasteiger partial charge < -0.3 is 14.7 Å². The molecule has 6 nitrogen and oxygen atoms in total. The topological polar surface area (TPSA) is 67.1 Å². The van der Waals surface area contributed by atoms with Crippen LogP contribution < -0.4 is 10.2 Å². The second kappa shape index (κ2) is 8.54. The highest BCUT2D eigenvalue weighted by atomic mass is 19.1. The molecule has 0 radical (unpaired) electrons. The summed E-state index contributed by atoms with van der Waals surface area (Å²) in [5.41, 5.74) is 2.10. The molecule has 1 aliphatic carbocycles. The lowest BCUT2D eigenvalue weighted by molar-refractivity contribution is 0.307. The third-order valence-electron chi connectivity index (χ3n) is 6.71. The molecule has 2 fully saturated rings. The summed E-state index contributed by atoms with van der Waals surface area (Å²) >= 11 is 0. The van der Waals surface area contributed by atoms with Gasteiger partial charge in [-0.1, -0.05) is 24.4 Å². The quantitative estimate of drug-likeness (QED) is 0.642. The van der Waals surface area contributed by atoms with Gasteiger partial charge in [-0.15, -0.1) is 0 Å². The lowest BCUT2D eigenvalue weighted by Crippen LogP contribution is -2.47. The number of pyridine rings is 1. The molecule has 5 rings (SSSR count). The molecule has 0 spiro atoms. The van der Waals surface area contributed by atoms with Crippen LogP contribution >= 0.6 is 0 Å². The molecular weight excluding hydrogens is 393 g/mol. The average molecular weight is 424 g/mol. The number of aryl methyl sites for hydroxylation is 2. The Morgan fingerprint density at radius 1 is 0.968 bits per heavy atom. The number of rotatable bonds is 4. The zero-order valence-corrected chi connectivity index (χ0v) is 18.3. The Hall–Kier alpha value is -2.54. The highest BCUT2D eigenvalue weighted by molar-refractivity contribution is 5.88. The van der Waals surface area contributed by atoms with Gasteiger partial charge in [0.1, 0.15) is 11.6 Å². The van der Waals surface area contributed by atoms with Crippen molar-refractivity contribution in [3.05, 3.63) is 35.5 Å². The van der Waals surface area contributed by atoms with Gasteiger partial charge in [0.2, 0.25) is 11.7 Å². The summed E-state index contributed by atoms with van der Waals surface area (Å²) in [5.74, 6) is 1.63. The van der Waals surface area contributed by atoms with Crippen LogP contribution in [0.5, 0.6) is 0 Å². The van der Waals surface area contributed by atoms with Gasteiger partial charge in [0.25, 0.3) is 0 Å². The molecule has 0 amide bonds. The van der Waals surface area contributed by atoms with Crippen molar-refractivity contribution < 1.29 is 8.91 Å². The summed E-state index contributed by atoms with van der Waals surface area (Å²) in [6, 6.07) is 6.60. The fraction of sp³-hybridized carbons (Fsp3) is 0.542. The van der Waals surface area contributed by atoms with Crippen LogP contribution in [0.15, 0.2) is 22.7 Å². The first kappa shape index (κ1) is 20.4. The third kappa shape index (κ3) is 4.28. The van der Waals surface area contributed by atoms with Crippen molar-refractivity contribution in [2.45, 2.75) is 70.9 Å². The van der Waals surface area contributed by atoms with Crippen LogP contribution in [0.1, 0.15) is 56.4 Å². The maximum atomic E-state index is 14.2. The van der Waals surface area contributed by atoms with Crippen molar-refractivity contribution in [1.29, 1.82) is 0 Å². The van der Waals surface area contributed by atoms with Crippen LogP contribution in [-0.2, 0) is 0 Å². The van der Waals surface area contributed by atoms with Crippen molar-refractivity contribution in [1.82, 2.24) is 20.4 Å². The number of piperidine rings is 1. The Labute approximate surface area is 182 Å². The number of nitrogens with zero attached hydrogens (tertiary/aromatic N) is 4. The smallest absolute Gasteiger partial charge is 0.223 e. The largest absolute Gasteiger partial charge is 0.356 e. The predicted octanol–water partition coefficient (Wildman–Crippen LogP) is 4.93. The molecule has 0 unspecified atom stereocenters. The van der Waals surface area contributed by atoms with Gasteiger partial charge >= 0.3 is 0 Å². The molecule has 1 aromatic carbocycles. The molecule has 1 saturated heterocycles. The van der Waals surface area contributed by atoms with Crippen molar-refractivity contribution in [2.24, 2.45) is 0 Å². The second-order valence-electron chi connectivity index (χ2n) is 9.05. The summed E-state index contributed by atoms with van der Waals surface area (Å²) in [6.07, 6.45) is 8.83. The van der Waals surface area contributed by atoms with E-state index in [1.807, 2.05) is 12.1 Å². The van der Waals surface area contributed by atoms with E-state index < -0.39 is 0 Å². The number of halogens is 1. The molecule has 7 heteroatoms. The van der Waals surface area contributed by atoms with Gasteiger partial charge in [0.05, 0.1) is 11.1 Å². The van der Waals surface area contributed by atoms with Gasteiger partial charge in [-0.3, -0.25) is 0 Å². The summed E-state index contributed by atoms with van der Waals surface area (Å²) in [4.78, 5) is 11.6. The first-order valence-electron chi connectivity index (χ1n) is 11.5. The highest BCUT2D eigenvalue weighted by Gasteiger charge is 2.26. The van der Waals surface area contributed by atoms with E-state index >= 15 is 0 Å². The zero-order valence-electron chi connectivity index (χ0n) is 18.3. The average Bonchev–Trinajstić information content (AvgIpc) is 3.21. The Kier molecular flexibility index (Phi) is 5.61. The van der Waals surface area contributed by atoms with Gasteiger partial charge in [-0.25, -0.2) is 9.37 Å². The Morgan fingerprint density at radius 3 is 2.42 bits per heavy atom. The van der Waals surface area contributed by atoms with Crippen LogP contribution in [0.25, 0.3) is 22.3 Å². The molecule has 0 atom stereocenters. The normalized spacial score (nSPS) is 18.7. The number of fused-ring (bicyclic) bond motifs is 1. The van der Waals surface area contributed by atoms with Crippen LogP contribution in [0.3, 0.4) is 0 Å². The van der Waals surface area contributed by atoms with Crippen LogP contribution in [0.4, 0.5) is 10.2 Å². The van der Waals surface area contributed by atoms with Crippen molar-refractivity contribution in [2.75, 3.05) is 18.0 Å². The lowest BCUT2D eigenvalue weighted by atomic mass is 9.93. The Morgan fingerprint density at radius 2 is 1.71 bits per heavy atom. The maximum Gasteiger partial charge on any atom is 0.223 e. The molecule has 3 aromatic rings. The molecule has 31 heavy (non-hydrogen) atoms. The molecular formula is C24H30FN5O. The van der Waals surface area contributed by atoms with Crippen LogP contribution in [0, 0.1) is 19.7 Å². The van der Waals surface area contributed by atoms with E-state index in [0.717, 1.165) is 42.7 Å². The fourth-order valence-corrected chi connectivity index (χ4v) is 4.97. The Bertz CT molecular complexity index is 1070. The van der Waals surface area contributed by atoms with E-state index in [0.29, 0.717) is 34.9 Å². The minimum atomic E-state index is -0.232. The van der Waals surface area contributed by atoms with Gasteiger partial charge in [0, 0.05) is 43.5 Å². The minimum absolute atomic E-state index is 0.232. The second-order valence-corrected chi connectivity index (χ2v) is 9.05. The fourth-order valence-electron chi connectivity index (χ4n) is 4.97. The van der Waals surface area contributed by atoms with Gasteiger partial charge in [-0.2, -0.15) is 4.98 Å². The SMILES string of the molecule is Cc1nc(-c2cc3cc(C)c(F)cc3nc2N2CCC(NC3CCCCC3)CC2)no1. The molecule has 1 aliphatic heterocycles. The number of anilines is 1. The third-order valence-corrected chi connectivity index (χ3v) is 6.71. The molecule has 3 heterocycles. The zero-order chi connectivity index (χ0) is 21.4. The first-order chi connectivity index (χ1) is 15.1. The van der Waals surface area contributed by atoms with E-state index in [-0.39, 0.29) is 5.82 Å². The first-order valence-corrected chi connectivity index (χ1v) is 11.5. The predicted molar refractivity (Wildman–Crippen MR) is 120 cm³/mol. The molecule has 164 valence electrons. The number of nitrogens with one attached hydrogen (secondary N) is 1. The van der Waals surface area contributed by atoms with E-state index in [2.05, 4.69) is 20.4 Å². The van der Waals surface area contributed by atoms with Crippen LogP contribution in [-0.4, -0.2) is 40.3 Å². The number of hydrogen-bond acceptors (Lipinski definition) is 6. The summed E-state index contributed by atoms with van der Waals surface area (Å²) < 4.78 is 19.5. The summed E-state index contributed by atoms with van der Waals surface area (Å²) in [6.45, 7) is 5.36. The number of benzene rings is 1. The molecule has 2 aliphatic rings. The number of aromatic nitrogens is 3. The van der Waals surface area contributed by atoms with Crippen molar-refractivity contribution in [3.8, 4) is 11.4 Å². The van der Waals surface area contributed by atoms with Crippen molar-refractivity contribution >= 4 is 16.7 Å². The summed E-state index contributed by atoms with van der Waals surface area (Å²) in [5, 5.41) is 8.91. The Balaban J connectivity index is 1.42. The van der Waals surface area contributed by atoms with E-state index in [1.165, 1.54) is 38.2 Å². The van der Waals surface area contributed by atoms with Gasteiger partial charge in [-0.05, 0) is 50.3 Å². The van der Waals surface area contributed by atoms with Crippen LogP contribution in [0.2, 0.25) is 0 Å². The van der Waals surface area contributed by atoms with E-state index in [9.17, 15) is 4.39 Å². The maximum absolute atomic E-state index is 14.2. The monoisotopic (exact) mass is 423 g/mol.